The van der Waals surface area contributed by atoms with E-state index in [2.05, 4.69) is 11.9 Å². The maximum Gasteiger partial charge on any atom is 0.245 e. The molecule has 3 amide bonds. The summed E-state index contributed by atoms with van der Waals surface area (Å²) in [5, 5.41) is 3.00. The Morgan fingerprint density at radius 3 is 2.58 bits per heavy atom. The molecule has 1 heterocycles. The monoisotopic (exact) mass is 541 g/mol. The maximum atomic E-state index is 13.6. The molecule has 3 N–H and O–H groups in total. The summed E-state index contributed by atoms with van der Waals surface area (Å²) in [6.45, 7) is 8.63. The molecule has 0 saturated carbocycles. The van der Waals surface area contributed by atoms with E-state index in [0.717, 1.165) is 29.5 Å². The summed E-state index contributed by atoms with van der Waals surface area (Å²) in [7, 11) is 0. The number of benzene rings is 2. The lowest BCUT2D eigenvalue weighted by atomic mass is 9.82. The van der Waals surface area contributed by atoms with Gasteiger partial charge >= 0.3 is 0 Å². The lowest BCUT2D eigenvalue weighted by molar-refractivity contribution is -0.139. The molecule has 2 aromatic rings. The number of allylic oxidation sites excluding steroid dienone is 1. The normalized spacial score (nSPS) is 17.6. The molecule has 0 bridgehead atoms. The number of hydrogen-bond acceptors (Lipinski definition) is 3. The fourth-order valence-corrected chi connectivity index (χ4v) is 5.22. The molecule has 3 atom stereocenters. The number of rotatable bonds is 11. The first-order valence-electron chi connectivity index (χ1n) is 13.1. The summed E-state index contributed by atoms with van der Waals surface area (Å²) in [6, 6.07) is 11.6. The van der Waals surface area contributed by atoms with Crippen LogP contribution >= 0.6 is 11.6 Å². The molecule has 1 fully saturated rings. The fourth-order valence-electron chi connectivity index (χ4n) is 5.04. The SMILES string of the molecule is C=CCC(C(N)=O)C(CC(C)C)C(=O)N[C@H]1CCCCN(Cc2cccc(-c3ccc(F)c(Cl)c3)c2)C1=O. The van der Waals surface area contributed by atoms with Gasteiger partial charge in [-0.15, -0.1) is 6.58 Å². The second-order valence-electron chi connectivity index (χ2n) is 10.4. The highest BCUT2D eigenvalue weighted by Crippen LogP contribution is 2.27. The van der Waals surface area contributed by atoms with Crippen LogP contribution in [0.3, 0.4) is 0 Å². The number of carbonyl (C=O) groups is 3. The van der Waals surface area contributed by atoms with E-state index in [1.54, 1.807) is 23.1 Å². The molecular weight excluding hydrogens is 505 g/mol. The van der Waals surface area contributed by atoms with Crippen LogP contribution < -0.4 is 11.1 Å². The van der Waals surface area contributed by atoms with Gasteiger partial charge in [0.05, 0.1) is 16.9 Å². The Labute approximate surface area is 229 Å². The van der Waals surface area contributed by atoms with Gasteiger partial charge in [-0.2, -0.15) is 0 Å². The van der Waals surface area contributed by atoms with E-state index < -0.39 is 29.6 Å². The summed E-state index contributed by atoms with van der Waals surface area (Å²) in [6.07, 6.45) is 4.54. The van der Waals surface area contributed by atoms with Gasteiger partial charge < -0.3 is 16.0 Å². The van der Waals surface area contributed by atoms with Gasteiger partial charge in [0.25, 0.3) is 0 Å². The Balaban J connectivity index is 1.76. The van der Waals surface area contributed by atoms with Gasteiger partial charge in [0.1, 0.15) is 11.9 Å². The van der Waals surface area contributed by atoms with Crippen molar-refractivity contribution in [3.8, 4) is 11.1 Å². The average Bonchev–Trinajstić information content (AvgIpc) is 3.04. The number of amides is 3. The Kier molecular flexibility index (Phi) is 10.5. The van der Waals surface area contributed by atoms with Crippen LogP contribution in [0.4, 0.5) is 4.39 Å². The zero-order chi connectivity index (χ0) is 27.8. The minimum absolute atomic E-state index is 0.0524. The molecule has 1 saturated heterocycles. The predicted molar refractivity (Wildman–Crippen MR) is 148 cm³/mol. The van der Waals surface area contributed by atoms with Gasteiger partial charge in [-0.05, 0) is 72.9 Å². The molecule has 2 unspecified atom stereocenters. The molecule has 8 heteroatoms. The summed E-state index contributed by atoms with van der Waals surface area (Å²) >= 11 is 5.97. The smallest absolute Gasteiger partial charge is 0.245 e. The second kappa shape index (κ2) is 13.6. The number of carbonyl (C=O) groups excluding carboxylic acids is 3. The van der Waals surface area contributed by atoms with Gasteiger partial charge in [-0.25, -0.2) is 4.39 Å². The third-order valence-corrected chi connectivity index (χ3v) is 7.27. The van der Waals surface area contributed by atoms with Crippen molar-refractivity contribution >= 4 is 29.3 Å². The molecule has 2 aromatic carbocycles. The van der Waals surface area contributed by atoms with Crippen molar-refractivity contribution in [3.63, 3.8) is 0 Å². The zero-order valence-corrected chi connectivity index (χ0v) is 22.8. The van der Waals surface area contributed by atoms with Crippen LogP contribution in [0.2, 0.25) is 5.02 Å². The van der Waals surface area contributed by atoms with Gasteiger partial charge in [0, 0.05) is 13.1 Å². The van der Waals surface area contributed by atoms with E-state index in [9.17, 15) is 18.8 Å². The highest BCUT2D eigenvalue weighted by atomic mass is 35.5. The Bertz CT molecular complexity index is 1170. The van der Waals surface area contributed by atoms with E-state index >= 15 is 0 Å². The first kappa shape index (κ1) is 29.4. The molecule has 1 aliphatic heterocycles. The molecule has 6 nitrogen and oxygen atoms in total. The number of nitrogens with one attached hydrogen (secondary N) is 1. The van der Waals surface area contributed by atoms with E-state index in [4.69, 9.17) is 17.3 Å². The Hall–Kier alpha value is -3.19. The lowest BCUT2D eigenvalue weighted by Gasteiger charge is -2.29. The number of halogens is 2. The molecular formula is C30H37ClFN3O3. The summed E-state index contributed by atoms with van der Waals surface area (Å²) in [5.74, 6) is -2.61. The number of nitrogens with zero attached hydrogens (tertiary/aromatic N) is 1. The van der Waals surface area contributed by atoms with Crippen molar-refractivity contribution in [1.29, 1.82) is 0 Å². The summed E-state index contributed by atoms with van der Waals surface area (Å²) < 4.78 is 13.6. The number of primary amides is 1. The van der Waals surface area contributed by atoms with Crippen LogP contribution in [0, 0.1) is 23.6 Å². The van der Waals surface area contributed by atoms with Crippen molar-refractivity contribution in [2.45, 2.75) is 58.5 Å². The first-order valence-corrected chi connectivity index (χ1v) is 13.5. The van der Waals surface area contributed by atoms with Gasteiger partial charge in [-0.3, -0.25) is 14.4 Å². The van der Waals surface area contributed by atoms with Gasteiger partial charge in [-0.1, -0.05) is 55.8 Å². The van der Waals surface area contributed by atoms with Crippen LogP contribution in [0.1, 0.15) is 51.5 Å². The van der Waals surface area contributed by atoms with Crippen molar-refractivity contribution < 1.29 is 18.8 Å². The Morgan fingerprint density at radius 2 is 1.92 bits per heavy atom. The topological polar surface area (TPSA) is 92.5 Å². The number of hydrogen-bond donors (Lipinski definition) is 2. The molecule has 0 radical (unpaired) electrons. The van der Waals surface area contributed by atoms with E-state index in [1.165, 1.54) is 6.07 Å². The molecule has 0 aromatic heterocycles. The number of likely N-dealkylation sites (tertiary alicyclic amines) is 1. The maximum absolute atomic E-state index is 13.6. The summed E-state index contributed by atoms with van der Waals surface area (Å²) in [4.78, 5) is 40.8. The molecule has 0 spiro atoms. The van der Waals surface area contributed by atoms with Crippen LogP contribution in [-0.4, -0.2) is 35.2 Å². The van der Waals surface area contributed by atoms with Crippen molar-refractivity contribution in [2.75, 3.05) is 6.54 Å². The first-order chi connectivity index (χ1) is 18.1. The minimum atomic E-state index is -0.672. The van der Waals surface area contributed by atoms with Gasteiger partial charge in [0.2, 0.25) is 17.7 Å². The highest BCUT2D eigenvalue weighted by molar-refractivity contribution is 6.31. The average molecular weight is 542 g/mol. The largest absolute Gasteiger partial charge is 0.369 e. The third-order valence-electron chi connectivity index (χ3n) is 6.98. The molecule has 3 rings (SSSR count). The standard InChI is InChI=1S/C30H37ClFN3O3/c1-4-8-23(28(33)36)24(15-19(2)3)29(37)34-27-11-5-6-14-35(30(27)38)18-20-9-7-10-21(16-20)22-12-13-26(32)25(31)17-22/h4,7,9-10,12-13,16-17,19,23-24,27H,1,5-6,8,11,14-15,18H2,2-3H3,(H2,33,36)(H,34,37)/t23?,24?,27-/m0/s1. The van der Waals surface area contributed by atoms with Crippen LogP contribution in [-0.2, 0) is 20.9 Å². The molecule has 1 aliphatic rings. The predicted octanol–water partition coefficient (Wildman–Crippen LogP) is 5.48. The zero-order valence-electron chi connectivity index (χ0n) is 22.1. The van der Waals surface area contributed by atoms with Crippen LogP contribution in [0.25, 0.3) is 11.1 Å². The molecule has 38 heavy (non-hydrogen) atoms. The van der Waals surface area contributed by atoms with Crippen molar-refractivity contribution in [2.24, 2.45) is 23.5 Å². The quantitative estimate of drug-likeness (QED) is 0.369. The lowest BCUT2D eigenvalue weighted by Crippen LogP contribution is -2.50. The second-order valence-corrected chi connectivity index (χ2v) is 10.8. The summed E-state index contributed by atoms with van der Waals surface area (Å²) in [5.41, 5.74) is 8.20. The Morgan fingerprint density at radius 1 is 1.18 bits per heavy atom. The molecule has 204 valence electrons. The molecule has 0 aliphatic carbocycles. The van der Waals surface area contributed by atoms with Gasteiger partial charge in [0.15, 0.2) is 0 Å². The van der Waals surface area contributed by atoms with Crippen LogP contribution in [0.15, 0.2) is 55.1 Å². The van der Waals surface area contributed by atoms with E-state index in [-0.39, 0.29) is 22.8 Å². The fraction of sp³-hybridized carbons (Fsp3) is 0.433. The van der Waals surface area contributed by atoms with Crippen LogP contribution in [0.5, 0.6) is 0 Å². The van der Waals surface area contributed by atoms with E-state index in [0.29, 0.717) is 32.4 Å². The highest BCUT2D eigenvalue weighted by Gasteiger charge is 2.35. The van der Waals surface area contributed by atoms with E-state index in [1.807, 2.05) is 38.1 Å². The number of nitrogens with two attached hydrogens (primary N) is 1. The minimum Gasteiger partial charge on any atom is -0.369 e. The third kappa shape index (κ3) is 7.67. The van der Waals surface area contributed by atoms with Crippen molar-refractivity contribution in [3.05, 3.63) is 71.5 Å². The van der Waals surface area contributed by atoms with Crippen molar-refractivity contribution in [1.82, 2.24) is 10.2 Å².